The molecule has 1 heterocycles. The van der Waals surface area contributed by atoms with Crippen molar-refractivity contribution >= 4 is 45.1 Å². The maximum atomic E-state index is 12.7. The lowest BCUT2D eigenvalue weighted by atomic mass is 10.2. The molecule has 3 rings (SSSR count). The number of rotatable bonds is 2. The third kappa shape index (κ3) is 3.44. The highest BCUT2D eigenvalue weighted by Gasteiger charge is 2.09. The van der Waals surface area contributed by atoms with E-state index in [1.165, 1.54) is 16.4 Å². The van der Waals surface area contributed by atoms with Crippen LogP contribution in [0.25, 0.3) is 10.9 Å². The topological polar surface area (TPSA) is 59.3 Å². The molecule has 0 aliphatic heterocycles. The van der Waals surface area contributed by atoms with Gasteiger partial charge in [0.25, 0.3) is 5.56 Å². The van der Waals surface area contributed by atoms with Crippen LogP contribution in [-0.2, 0) is 0 Å². The third-order valence-corrected chi connectivity index (χ3v) is 4.22. The number of hydrogen-bond acceptors (Lipinski definition) is 4. The smallest absolute Gasteiger partial charge is 0.268 e. The van der Waals surface area contributed by atoms with Gasteiger partial charge in [-0.15, -0.1) is 0 Å². The van der Waals surface area contributed by atoms with Gasteiger partial charge in [0.05, 0.1) is 16.6 Å². The highest BCUT2D eigenvalue weighted by atomic mass is 35.5. The van der Waals surface area contributed by atoms with Crippen LogP contribution in [0.3, 0.4) is 0 Å². The number of fused-ring (bicyclic) bond motifs is 1. The first kappa shape index (κ1) is 16.5. The Morgan fingerprint density at radius 2 is 1.92 bits per heavy atom. The highest BCUT2D eigenvalue weighted by Crippen LogP contribution is 2.18. The molecule has 0 atom stereocenters. The molecule has 0 saturated heterocycles. The molecule has 5 nitrogen and oxygen atoms in total. The van der Waals surface area contributed by atoms with E-state index in [0.29, 0.717) is 26.9 Å². The van der Waals surface area contributed by atoms with Crippen molar-refractivity contribution in [1.82, 2.24) is 9.66 Å². The minimum atomic E-state index is -0.157. The van der Waals surface area contributed by atoms with Gasteiger partial charge in [-0.2, -0.15) is 0 Å². The Kier molecular flexibility index (Phi) is 4.87. The van der Waals surface area contributed by atoms with E-state index in [2.05, 4.69) is 15.4 Å². The zero-order valence-corrected chi connectivity index (χ0v) is 14.7. The van der Waals surface area contributed by atoms with Gasteiger partial charge in [-0.1, -0.05) is 35.5 Å². The standard InChI is InChI=1S/C17H15ClN4OS/c1-11-19-15-6-4-3-5-14(15)16(23)22(11)21-17(24-2)20-13-9-7-12(18)8-10-13/h3-10H,1-2H3,(H,20,21). The largest absolute Gasteiger partial charge is 0.280 e. The number of benzene rings is 2. The molecular weight excluding hydrogens is 344 g/mol. The number of nitrogens with one attached hydrogen (secondary N) is 1. The second-order valence-electron chi connectivity index (χ2n) is 5.03. The summed E-state index contributed by atoms with van der Waals surface area (Å²) in [6.45, 7) is 1.78. The van der Waals surface area contributed by atoms with Crippen LogP contribution in [0.1, 0.15) is 5.82 Å². The summed E-state index contributed by atoms with van der Waals surface area (Å²) in [7, 11) is 0. The number of para-hydroxylation sites is 1. The number of nitrogens with zero attached hydrogens (tertiary/aromatic N) is 3. The number of aryl methyl sites for hydroxylation is 1. The maximum Gasteiger partial charge on any atom is 0.280 e. The molecule has 0 unspecified atom stereocenters. The minimum absolute atomic E-state index is 0.157. The monoisotopic (exact) mass is 358 g/mol. The fraction of sp³-hybridized carbons (Fsp3) is 0.118. The second-order valence-corrected chi connectivity index (χ2v) is 6.26. The number of amidine groups is 1. The number of hydrogen-bond donors (Lipinski definition) is 1. The fourth-order valence-corrected chi connectivity index (χ4v) is 2.73. The van der Waals surface area contributed by atoms with E-state index in [-0.39, 0.29) is 5.56 Å². The summed E-state index contributed by atoms with van der Waals surface area (Å²) in [6, 6.07) is 14.4. The van der Waals surface area contributed by atoms with E-state index in [1.807, 2.05) is 36.6 Å². The normalized spacial score (nSPS) is 11.7. The van der Waals surface area contributed by atoms with Crippen LogP contribution in [0.4, 0.5) is 5.69 Å². The summed E-state index contributed by atoms with van der Waals surface area (Å²) >= 11 is 7.29. The van der Waals surface area contributed by atoms with Gasteiger partial charge in [-0.3, -0.25) is 10.2 Å². The van der Waals surface area contributed by atoms with Gasteiger partial charge in [0.1, 0.15) is 5.82 Å². The molecule has 0 aliphatic rings. The van der Waals surface area contributed by atoms with Gasteiger partial charge in [-0.05, 0) is 49.6 Å². The van der Waals surface area contributed by atoms with E-state index < -0.39 is 0 Å². The first-order valence-corrected chi connectivity index (χ1v) is 8.82. The van der Waals surface area contributed by atoms with Crippen molar-refractivity contribution in [3.8, 4) is 0 Å². The maximum absolute atomic E-state index is 12.7. The van der Waals surface area contributed by atoms with Gasteiger partial charge in [-0.25, -0.2) is 14.7 Å². The Hall–Kier alpha value is -2.31. The van der Waals surface area contributed by atoms with E-state index in [4.69, 9.17) is 11.6 Å². The van der Waals surface area contributed by atoms with Crippen molar-refractivity contribution in [3.05, 3.63) is 69.7 Å². The molecule has 1 aromatic heterocycles. The summed E-state index contributed by atoms with van der Waals surface area (Å²) in [5.41, 5.74) is 4.31. The van der Waals surface area contributed by atoms with Crippen LogP contribution in [0.2, 0.25) is 5.02 Å². The molecule has 7 heteroatoms. The summed E-state index contributed by atoms with van der Waals surface area (Å²) in [4.78, 5) is 21.6. The van der Waals surface area contributed by atoms with Gasteiger partial charge >= 0.3 is 0 Å². The molecule has 0 saturated carbocycles. The van der Waals surface area contributed by atoms with E-state index in [0.717, 1.165) is 5.69 Å². The first-order valence-electron chi connectivity index (χ1n) is 7.22. The summed E-state index contributed by atoms with van der Waals surface area (Å²) in [6.07, 6.45) is 1.89. The molecule has 0 bridgehead atoms. The van der Waals surface area contributed by atoms with Crippen LogP contribution in [0.5, 0.6) is 0 Å². The lowest BCUT2D eigenvalue weighted by Crippen LogP contribution is -2.34. The number of aromatic nitrogens is 2. The predicted molar refractivity (Wildman–Crippen MR) is 102 cm³/mol. The Morgan fingerprint density at radius 3 is 2.62 bits per heavy atom. The molecule has 0 amide bonds. The molecule has 0 spiro atoms. The van der Waals surface area contributed by atoms with E-state index in [9.17, 15) is 4.79 Å². The lowest BCUT2D eigenvalue weighted by Gasteiger charge is -2.13. The SMILES string of the molecule is CSC(=Nc1ccc(Cl)cc1)Nn1c(C)nc2ccccc2c1=O. The highest BCUT2D eigenvalue weighted by molar-refractivity contribution is 8.13. The van der Waals surface area contributed by atoms with Crippen molar-refractivity contribution in [2.75, 3.05) is 11.7 Å². The summed E-state index contributed by atoms with van der Waals surface area (Å²) in [5.74, 6) is 0.566. The van der Waals surface area contributed by atoms with Crippen LogP contribution in [-0.4, -0.2) is 21.1 Å². The van der Waals surface area contributed by atoms with Gasteiger partial charge in [0.2, 0.25) is 0 Å². The first-order chi connectivity index (χ1) is 11.6. The van der Waals surface area contributed by atoms with Gasteiger partial charge in [0.15, 0.2) is 5.17 Å². The van der Waals surface area contributed by atoms with Crippen molar-refractivity contribution in [2.24, 2.45) is 4.99 Å². The van der Waals surface area contributed by atoms with E-state index in [1.54, 1.807) is 25.1 Å². The molecule has 122 valence electrons. The van der Waals surface area contributed by atoms with Crippen LogP contribution >= 0.6 is 23.4 Å². The Morgan fingerprint density at radius 1 is 1.21 bits per heavy atom. The Balaban J connectivity index is 2.01. The lowest BCUT2D eigenvalue weighted by molar-refractivity contribution is 0.839. The molecular formula is C17H15ClN4OS. The third-order valence-electron chi connectivity index (χ3n) is 3.40. The van der Waals surface area contributed by atoms with Crippen LogP contribution in [0, 0.1) is 6.92 Å². The van der Waals surface area contributed by atoms with Crippen molar-refractivity contribution in [1.29, 1.82) is 0 Å². The van der Waals surface area contributed by atoms with Crippen LogP contribution in [0.15, 0.2) is 58.3 Å². The van der Waals surface area contributed by atoms with Crippen molar-refractivity contribution in [2.45, 2.75) is 6.92 Å². The van der Waals surface area contributed by atoms with Crippen molar-refractivity contribution < 1.29 is 0 Å². The predicted octanol–water partition coefficient (Wildman–Crippen LogP) is 3.95. The zero-order valence-electron chi connectivity index (χ0n) is 13.2. The summed E-state index contributed by atoms with van der Waals surface area (Å²) in [5, 5.41) is 1.79. The molecule has 1 N–H and O–H groups in total. The molecule has 0 radical (unpaired) electrons. The molecule has 2 aromatic carbocycles. The second kappa shape index (κ2) is 7.07. The fourth-order valence-electron chi connectivity index (χ4n) is 2.22. The molecule has 3 aromatic rings. The number of halogens is 1. The van der Waals surface area contributed by atoms with Crippen molar-refractivity contribution in [3.63, 3.8) is 0 Å². The van der Waals surface area contributed by atoms with Gasteiger partial charge in [0, 0.05) is 5.02 Å². The average molecular weight is 359 g/mol. The molecule has 0 aliphatic carbocycles. The van der Waals surface area contributed by atoms with Gasteiger partial charge < -0.3 is 0 Å². The average Bonchev–Trinajstić information content (AvgIpc) is 2.59. The number of aliphatic imine (C=N–C) groups is 1. The summed E-state index contributed by atoms with van der Waals surface area (Å²) < 4.78 is 1.41. The zero-order chi connectivity index (χ0) is 17.1. The molecule has 0 fully saturated rings. The van der Waals surface area contributed by atoms with E-state index >= 15 is 0 Å². The minimum Gasteiger partial charge on any atom is -0.268 e. The Labute approximate surface area is 148 Å². The number of thioether (sulfide) groups is 1. The Bertz CT molecular complexity index is 966. The molecule has 24 heavy (non-hydrogen) atoms. The van der Waals surface area contributed by atoms with Crippen LogP contribution < -0.4 is 11.0 Å². The quantitative estimate of drug-likeness (QED) is 0.556.